The molecule has 0 aliphatic heterocycles. The number of rotatable bonds is 3. The molecule has 0 aromatic carbocycles. The first kappa shape index (κ1) is 10.4. The van der Waals surface area contributed by atoms with Gasteiger partial charge in [0.2, 0.25) is 5.88 Å². The van der Waals surface area contributed by atoms with Crippen LogP contribution < -0.4 is 10.1 Å². The van der Waals surface area contributed by atoms with E-state index in [2.05, 4.69) is 25.5 Å². The van der Waals surface area contributed by atoms with Gasteiger partial charge < -0.3 is 10.1 Å². The van der Waals surface area contributed by atoms with Crippen LogP contribution in [0.15, 0.2) is 12.1 Å². The van der Waals surface area contributed by atoms with Gasteiger partial charge in [-0.25, -0.2) is 4.98 Å². The molecule has 84 valence electrons. The zero-order chi connectivity index (χ0) is 11.5. The molecule has 0 aliphatic carbocycles. The molecular formula is C10H13N5O. The summed E-state index contributed by atoms with van der Waals surface area (Å²) >= 11 is 0. The van der Waals surface area contributed by atoms with Gasteiger partial charge >= 0.3 is 0 Å². The fourth-order valence-electron chi connectivity index (χ4n) is 1.33. The largest absolute Gasteiger partial charge is 0.481 e. The first-order chi connectivity index (χ1) is 7.67. The fraction of sp³-hybridized carbons (Fsp3) is 0.300. The molecule has 0 bridgehead atoms. The van der Waals surface area contributed by atoms with E-state index in [1.54, 1.807) is 13.2 Å². The second kappa shape index (κ2) is 4.18. The average molecular weight is 219 g/mol. The predicted molar refractivity (Wildman–Crippen MR) is 59.9 cm³/mol. The molecule has 0 spiro atoms. The van der Waals surface area contributed by atoms with Crippen LogP contribution >= 0.6 is 0 Å². The molecule has 0 saturated heterocycles. The van der Waals surface area contributed by atoms with E-state index in [1.165, 1.54) is 0 Å². The molecule has 0 atom stereocenters. The lowest BCUT2D eigenvalue weighted by Gasteiger charge is -2.05. The monoisotopic (exact) mass is 219 g/mol. The lowest BCUT2D eigenvalue weighted by molar-refractivity contribution is 0.396. The molecule has 0 fully saturated rings. The Kier molecular flexibility index (Phi) is 2.72. The topological polar surface area (TPSA) is 75.7 Å². The first-order valence-electron chi connectivity index (χ1n) is 4.86. The number of ether oxygens (including phenoxy) is 1. The van der Waals surface area contributed by atoms with E-state index in [4.69, 9.17) is 4.74 Å². The molecule has 0 saturated carbocycles. The Balaban J connectivity index is 2.24. The van der Waals surface area contributed by atoms with Gasteiger partial charge in [-0.2, -0.15) is 10.1 Å². The molecule has 16 heavy (non-hydrogen) atoms. The van der Waals surface area contributed by atoms with E-state index in [9.17, 15) is 0 Å². The number of aryl methyl sites for hydroxylation is 2. The van der Waals surface area contributed by atoms with E-state index in [1.807, 2.05) is 19.9 Å². The van der Waals surface area contributed by atoms with Gasteiger partial charge in [0, 0.05) is 12.1 Å². The van der Waals surface area contributed by atoms with Crippen molar-refractivity contribution in [2.75, 3.05) is 12.4 Å². The molecule has 2 aromatic heterocycles. The van der Waals surface area contributed by atoms with Crippen molar-refractivity contribution in [1.29, 1.82) is 0 Å². The summed E-state index contributed by atoms with van der Waals surface area (Å²) in [5.41, 5.74) is 0.917. The Labute approximate surface area is 93.1 Å². The number of aromatic nitrogens is 4. The minimum absolute atomic E-state index is 0.534. The predicted octanol–water partition coefficient (Wildman–Crippen LogP) is 1.57. The van der Waals surface area contributed by atoms with Crippen LogP contribution in [-0.2, 0) is 0 Å². The number of anilines is 2. The molecule has 0 aliphatic rings. The zero-order valence-electron chi connectivity index (χ0n) is 9.40. The maximum absolute atomic E-state index is 5.06. The van der Waals surface area contributed by atoms with Crippen molar-refractivity contribution in [2.24, 2.45) is 0 Å². The highest BCUT2D eigenvalue weighted by molar-refractivity contribution is 5.52. The molecule has 6 nitrogen and oxygen atoms in total. The Bertz CT molecular complexity index is 494. The van der Waals surface area contributed by atoms with Crippen molar-refractivity contribution in [1.82, 2.24) is 20.2 Å². The van der Waals surface area contributed by atoms with Crippen LogP contribution in [0.4, 0.5) is 11.6 Å². The minimum atomic E-state index is 0.534. The summed E-state index contributed by atoms with van der Waals surface area (Å²) < 4.78 is 5.06. The van der Waals surface area contributed by atoms with E-state index in [-0.39, 0.29) is 0 Å². The van der Waals surface area contributed by atoms with Gasteiger partial charge in [0.25, 0.3) is 0 Å². The summed E-state index contributed by atoms with van der Waals surface area (Å²) in [4.78, 5) is 8.34. The third-order valence-electron chi connectivity index (χ3n) is 1.99. The van der Waals surface area contributed by atoms with Crippen LogP contribution in [0.3, 0.4) is 0 Å². The highest BCUT2D eigenvalue weighted by Gasteiger charge is 2.03. The molecule has 6 heteroatoms. The smallest absolute Gasteiger partial charge is 0.218 e. The van der Waals surface area contributed by atoms with Gasteiger partial charge in [-0.1, -0.05) is 0 Å². The maximum Gasteiger partial charge on any atom is 0.218 e. The molecule has 0 radical (unpaired) electrons. The van der Waals surface area contributed by atoms with Gasteiger partial charge in [0.15, 0.2) is 0 Å². The van der Waals surface area contributed by atoms with Crippen molar-refractivity contribution in [2.45, 2.75) is 13.8 Å². The SMILES string of the molecule is COc1cc(Nc2cc(C)n[nH]2)nc(C)n1. The lowest BCUT2D eigenvalue weighted by atomic mass is 10.4. The third-order valence-corrected chi connectivity index (χ3v) is 1.99. The van der Waals surface area contributed by atoms with Gasteiger partial charge in [-0.05, 0) is 13.8 Å². The van der Waals surface area contributed by atoms with Crippen molar-refractivity contribution >= 4 is 11.6 Å². The summed E-state index contributed by atoms with van der Waals surface area (Å²) in [6, 6.07) is 3.62. The van der Waals surface area contributed by atoms with E-state index >= 15 is 0 Å². The van der Waals surface area contributed by atoms with Crippen LogP contribution in [0, 0.1) is 13.8 Å². The van der Waals surface area contributed by atoms with E-state index < -0.39 is 0 Å². The summed E-state index contributed by atoms with van der Waals surface area (Å²) in [6.07, 6.45) is 0. The van der Waals surface area contributed by atoms with Crippen molar-refractivity contribution in [3.05, 3.63) is 23.7 Å². The normalized spacial score (nSPS) is 10.2. The second-order valence-corrected chi connectivity index (χ2v) is 3.39. The van der Waals surface area contributed by atoms with Crippen molar-refractivity contribution in [3.63, 3.8) is 0 Å². The highest BCUT2D eigenvalue weighted by atomic mass is 16.5. The number of hydrogen-bond donors (Lipinski definition) is 2. The average Bonchev–Trinajstić information content (AvgIpc) is 2.63. The number of H-pyrrole nitrogens is 1. The van der Waals surface area contributed by atoms with Crippen molar-refractivity contribution in [3.8, 4) is 5.88 Å². The lowest BCUT2D eigenvalue weighted by Crippen LogP contribution is -1.99. The molecular weight excluding hydrogens is 206 g/mol. The maximum atomic E-state index is 5.06. The Morgan fingerprint density at radius 2 is 2.06 bits per heavy atom. The van der Waals surface area contributed by atoms with Crippen LogP contribution in [0.25, 0.3) is 0 Å². The molecule has 2 rings (SSSR count). The van der Waals surface area contributed by atoms with E-state index in [0.29, 0.717) is 17.5 Å². The summed E-state index contributed by atoms with van der Waals surface area (Å²) in [5, 5.41) is 9.96. The van der Waals surface area contributed by atoms with Crippen LogP contribution in [0.2, 0.25) is 0 Å². The third kappa shape index (κ3) is 2.28. The zero-order valence-corrected chi connectivity index (χ0v) is 9.40. The minimum Gasteiger partial charge on any atom is -0.481 e. The van der Waals surface area contributed by atoms with Gasteiger partial charge in [0.05, 0.1) is 12.8 Å². The highest BCUT2D eigenvalue weighted by Crippen LogP contribution is 2.16. The standard InChI is InChI=1S/C10H13N5O/c1-6-4-9(15-14-6)13-8-5-10(16-3)12-7(2)11-8/h4-5H,1-3H3,(H2,11,12,13,14,15). The van der Waals surface area contributed by atoms with Gasteiger partial charge in [0.1, 0.15) is 17.5 Å². The molecule has 0 amide bonds. The molecule has 2 aromatic rings. The van der Waals surface area contributed by atoms with Gasteiger partial charge in [-0.3, -0.25) is 5.10 Å². The molecule has 2 N–H and O–H groups in total. The number of hydrogen-bond acceptors (Lipinski definition) is 5. The number of methoxy groups -OCH3 is 1. The van der Waals surface area contributed by atoms with Crippen LogP contribution in [0.5, 0.6) is 5.88 Å². The molecule has 2 heterocycles. The second-order valence-electron chi connectivity index (χ2n) is 3.39. The Hall–Kier alpha value is -2.11. The number of aromatic amines is 1. The summed E-state index contributed by atoms with van der Waals surface area (Å²) in [7, 11) is 1.58. The number of nitrogens with zero attached hydrogens (tertiary/aromatic N) is 3. The quantitative estimate of drug-likeness (QED) is 0.819. The molecule has 0 unspecified atom stereocenters. The van der Waals surface area contributed by atoms with Crippen molar-refractivity contribution < 1.29 is 4.74 Å². The van der Waals surface area contributed by atoms with Crippen LogP contribution in [-0.4, -0.2) is 27.3 Å². The Morgan fingerprint density at radius 3 is 2.69 bits per heavy atom. The van der Waals surface area contributed by atoms with Gasteiger partial charge in [-0.15, -0.1) is 0 Å². The Morgan fingerprint density at radius 1 is 1.25 bits per heavy atom. The summed E-state index contributed by atoms with van der Waals surface area (Å²) in [5.74, 6) is 2.65. The van der Waals surface area contributed by atoms with Crippen LogP contribution in [0.1, 0.15) is 11.5 Å². The first-order valence-corrected chi connectivity index (χ1v) is 4.86. The number of nitrogens with one attached hydrogen (secondary N) is 2. The summed E-state index contributed by atoms with van der Waals surface area (Å²) in [6.45, 7) is 3.72. The van der Waals surface area contributed by atoms with E-state index in [0.717, 1.165) is 11.5 Å². The fourth-order valence-corrected chi connectivity index (χ4v) is 1.33.